The van der Waals surface area contributed by atoms with Crippen molar-refractivity contribution >= 4 is 9.84 Å². The molecular formula is C11H23NO3S. The second-order valence-electron chi connectivity index (χ2n) is 4.52. The molecule has 96 valence electrons. The van der Waals surface area contributed by atoms with Crippen LogP contribution in [-0.2, 0) is 9.84 Å². The van der Waals surface area contributed by atoms with Gasteiger partial charge in [0.25, 0.3) is 0 Å². The molecular weight excluding hydrogens is 226 g/mol. The SMILES string of the molecule is CCCCN(CCCO)C1CCS(=O)(=O)C1. The van der Waals surface area contributed by atoms with Crippen LogP contribution in [-0.4, -0.2) is 55.7 Å². The zero-order valence-electron chi connectivity index (χ0n) is 10.1. The van der Waals surface area contributed by atoms with Gasteiger partial charge >= 0.3 is 0 Å². The molecule has 0 saturated carbocycles. The summed E-state index contributed by atoms with van der Waals surface area (Å²) in [4.78, 5) is 2.24. The summed E-state index contributed by atoms with van der Waals surface area (Å²) in [5, 5.41) is 8.84. The molecule has 0 bridgehead atoms. The molecule has 0 aromatic carbocycles. The predicted molar refractivity (Wildman–Crippen MR) is 65.2 cm³/mol. The summed E-state index contributed by atoms with van der Waals surface area (Å²) < 4.78 is 22.8. The van der Waals surface area contributed by atoms with Crippen molar-refractivity contribution in [3.63, 3.8) is 0 Å². The molecule has 1 aliphatic rings. The highest BCUT2D eigenvalue weighted by Gasteiger charge is 2.31. The average Bonchev–Trinajstić information content (AvgIpc) is 2.59. The lowest BCUT2D eigenvalue weighted by Gasteiger charge is -2.27. The number of hydrogen-bond donors (Lipinski definition) is 1. The smallest absolute Gasteiger partial charge is 0.151 e. The number of aliphatic hydroxyl groups is 1. The molecule has 1 rings (SSSR count). The molecule has 1 fully saturated rings. The number of aliphatic hydroxyl groups excluding tert-OH is 1. The molecule has 0 aromatic heterocycles. The Morgan fingerprint density at radius 2 is 2.00 bits per heavy atom. The average molecular weight is 249 g/mol. The first-order valence-electron chi connectivity index (χ1n) is 6.14. The fraction of sp³-hybridized carbons (Fsp3) is 1.00. The lowest BCUT2D eigenvalue weighted by Crippen LogP contribution is -2.38. The fourth-order valence-corrected chi connectivity index (χ4v) is 3.94. The fourth-order valence-electron chi connectivity index (χ4n) is 2.18. The maximum absolute atomic E-state index is 11.4. The van der Waals surface area contributed by atoms with Gasteiger partial charge in [-0.05, 0) is 25.8 Å². The van der Waals surface area contributed by atoms with E-state index in [9.17, 15) is 8.42 Å². The van der Waals surface area contributed by atoms with E-state index in [1.54, 1.807) is 0 Å². The highest BCUT2D eigenvalue weighted by molar-refractivity contribution is 7.91. The molecule has 0 spiro atoms. The molecule has 1 saturated heterocycles. The molecule has 0 amide bonds. The molecule has 16 heavy (non-hydrogen) atoms. The first kappa shape index (κ1) is 13.9. The van der Waals surface area contributed by atoms with E-state index >= 15 is 0 Å². The van der Waals surface area contributed by atoms with Crippen molar-refractivity contribution in [3.05, 3.63) is 0 Å². The summed E-state index contributed by atoms with van der Waals surface area (Å²) in [7, 11) is -2.79. The molecule has 0 aromatic rings. The van der Waals surface area contributed by atoms with Crippen LogP contribution in [0.2, 0.25) is 0 Å². The van der Waals surface area contributed by atoms with Crippen molar-refractivity contribution < 1.29 is 13.5 Å². The Labute approximate surface area is 98.6 Å². The van der Waals surface area contributed by atoms with Gasteiger partial charge in [0.05, 0.1) is 11.5 Å². The predicted octanol–water partition coefficient (Wildman–Crippen LogP) is 0.658. The molecule has 1 atom stereocenters. The minimum Gasteiger partial charge on any atom is -0.396 e. The number of sulfone groups is 1. The van der Waals surface area contributed by atoms with Crippen molar-refractivity contribution in [1.29, 1.82) is 0 Å². The van der Waals surface area contributed by atoms with E-state index in [-0.39, 0.29) is 12.6 Å². The zero-order chi connectivity index (χ0) is 12.0. The molecule has 4 nitrogen and oxygen atoms in total. The van der Waals surface area contributed by atoms with E-state index in [1.165, 1.54) is 0 Å². The van der Waals surface area contributed by atoms with Crippen LogP contribution in [0.3, 0.4) is 0 Å². The van der Waals surface area contributed by atoms with Crippen LogP contribution < -0.4 is 0 Å². The summed E-state index contributed by atoms with van der Waals surface area (Å²) in [5.74, 6) is 0.640. The Morgan fingerprint density at radius 1 is 1.31 bits per heavy atom. The Bertz CT molecular complexity index is 282. The van der Waals surface area contributed by atoms with Crippen molar-refractivity contribution in [1.82, 2.24) is 4.90 Å². The maximum Gasteiger partial charge on any atom is 0.151 e. The lowest BCUT2D eigenvalue weighted by atomic mass is 10.2. The van der Waals surface area contributed by atoms with E-state index in [4.69, 9.17) is 5.11 Å². The highest BCUT2D eigenvalue weighted by atomic mass is 32.2. The summed E-state index contributed by atoms with van der Waals surface area (Å²) in [6.45, 7) is 4.09. The maximum atomic E-state index is 11.4. The minimum absolute atomic E-state index is 0.183. The summed E-state index contributed by atoms with van der Waals surface area (Å²) in [5.41, 5.74) is 0. The van der Waals surface area contributed by atoms with Crippen LogP contribution in [0.25, 0.3) is 0 Å². The number of unbranched alkanes of at least 4 members (excludes halogenated alkanes) is 1. The summed E-state index contributed by atoms with van der Waals surface area (Å²) >= 11 is 0. The monoisotopic (exact) mass is 249 g/mol. The van der Waals surface area contributed by atoms with Gasteiger partial charge in [-0.2, -0.15) is 0 Å². The largest absolute Gasteiger partial charge is 0.396 e. The van der Waals surface area contributed by atoms with Crippen molar-refractivity contribution in [3.8, 4) is 0 Å². The van der Waals surface area contributed by atoms with E-state index in [2.05, 4.69) is 11.8 Å². The Hall–Kier alpha value is -0.130. The topological polar surface area (TPSA) is 57.6 Å². The first-order chi connectivity index (χ1) is 7.59. The van der Waals surface area contributed by atoms with E-state index in [0.29, 0.717) is 11.5 Å². The van der Waals surface area contributed by atoms with Gasteiger partial charge in [-0.25, -0.2) is 8.42 Å². The molecule has 0 aliphatic carbocycles. The molecule has 1 aliphatic heterocycles. The van der Waals surface area contributed by atoms with E-state index in [0.717, 1.165) is 38.8 Å². The van der Waals surface area contributed by atoms with Crippen LogP contribution in [0.15, 0.2) is 0 Å². The van der Waals surface area contributed by atoms with Gasteiger partial charge in [0, 0.05) is 19.2 Å². The first-order valence-corrected chi connectivity index (χ1v) is 7.96. The lowest BCUT2D eigenvalue weighted by molar-refractivity contribution is 0.183. The standard InChI is InChI=1S/C11H23NO3S/c1-2-3-6-12(7-4-8-13)11-5-9-16(14,15)10-11/h11,13H,2-10H2,1H3. The van der Waals surface area contributed by atoms with Gasteiger partial charge in [-0.1, -0.05) is 13.3 Å². The summed E-state index contributed by atoms with van der Waals surface area (Å²) in [6.07, 6.45) is 3.72. The van der Waals surface area contributed by atoms with Gasteiger partial charge in [0.15, 0.2) is 9.84 Å². The van der Waals surface area contributed by atoms with E-state index in [1.807, 2.05) is 0 Å². The van der Waals surface area contributed by atoms with E-state index < -0.39 is 9.84 Å². The number of rotatable bonds is 7. The molecule has 1 heterocycles. The number of hydrogen-bond acceptors (Lipinski definition) is 4. The third-order valence-electron chi connectivity index (χ3n) is 3.13. The second-order valence-corrected chi connectivity index (χ2v) is 6.75. The van der Waals surface area contributed by atoms with Crippen LogP contribution in [0.1, 0.15) is 32.6 Å². The van der Waals surface area contributed by atoms with Gasteiger partial charge in [-0.3, -0.25) is 4.90 Å². The third kappa shape index (κ3) is 4.39. The highest BCUT2D eigenvalue weighted by Crippen LogP contribution is 2.18. The number of nitrogens with zero attached hydrogens (tertiary/aromatic N) is 1. The molecule has 1 N–H and O–H groups in total. The quantitative estimate of drug-likeness (QED) is 0.720. The zero-order valence-corrected chi connectivity index (χ0v) is 10.9. The van der Waals surface area contributed by atoms with Crippen LogP contribution in [0, 0.1) is 0 Å². The van der Waals surface area contributed by atoms with Gasteiger partial charge < -0.3 is 5.11 Å². The molecule has 5 heteroatoms. The van der Waals surface area contributed by atoms with Crippen LogP contribution >= 0.6 is 0 Å². The van der Waals surface area contributed by atoms with Gasteiger partial charge in [0.1, 0.15) is 0 Å². The molecule has 0 radical (unpaired) electrons. The Morgan fingerprint density at radius 3 is 2.50 bits per heavy atom. The third-order valence-corrected chi connectivity index (χ3v) is 4.88. The van der Waals surface area contributed by atoms with Gasteiger partial charge in [0.2, 0.25) is 0 Å². The normalized spacial score (nSPS) is 24.1. The minimum atomic E-state index is -2.79. The second kappa shape index (κ2) is 6.57. The van der Waals surface area contributed by atoms with Gasteiger partial charge in [-0.15, -0.1) is 0 Å². The Balaban J connectivity index is 2.48. The van der Waals surface area contributed by atoms with Crippen LogP contribution in [0.5, 0.6) is 0 Å². The van der Waals surface area contributed by atoms with Crippen molar-refractivity contribution in [2.75, 3.05) is 31.2 Å². The molecule has 1 unspecified atom stereocenters. The van der Waals surface area contributed by atoms with Crippen LogP contribution in [0.4, 0.5) is 0 Å². The van der Waals surface area contributed by atoms with Crippen molar-refractivity contribution in [2.24, 2.45) is 0 Å². The summed E-state index contributed by atoms with van der Waals surface area (Å²) in [6, 6.07) is 0.183. The Kier molecular flexibility index (Phi) is 5.72. The van der Waals surface area contributed by atoms with Crippen molar-refractivity contribution in [2.45, 2.75) is 38.6 Å².